The summed E-state index contributed by atoms with van der Waals surface area (Å²) in [6.45, 7) is 3.52. The zero-order valence-corrected chi connectivity index (χ0v) is 7.63. The lowest BCUT2D eigenvalue weighted by Crippen LogP contribution is -2.29. The smallest absolute Gasteiger partial charge is 0.252 e. The Bertz CT molecular complexity index is 395. The molecule has 0 aliphatic carbocycles. The highest BCUT2D eigenvalue weighted by Gasteiger charge is 2.13. The first-order valence-electron chi connectivity index (χ1n) is 4.44. The van der Waals surface area contributed by atoms with Crippen LogP contribution in [0.4, 0.5) is 11.5 Å². The fraction of sp³-hybridized carbons (Fsp3) is 0.444. The molecule has 1 aromatic heterocycles. The number of nitrogens with two attached hydrogens (primary N) is 1. The molecular formula is C9H13N3O. The van der Waals surface area contributed by atoms with Crippen molar-refractivity contribution in [2.75, 3.05) is 17.6 Å². The van der Waals surface area contributed by atoms with Gasteiger partial charge in [0.25, 0.3) is 5.56 Å². The molecule has 13 heavy (non-hydrogen) atoms. The SMILES string of the molecule is Cc1cc(=O)n2c(c1N)NCCC2. The van der Waals surface area contributed by atoms with Gasteiger partial charge in [0.2, 0.25) is 0 Å². The molecule has 4 heteroatoms. The van der Waals surface area contributed by atoms with E-state index in [0.717, 1.165) is 30.9 Å². The van der Waals surface area contributed by atoms with Crippen molar-refractivity contribution in [2.24, 2.45) is 0 Å². The van der Waals surface area contributed by atoms with Gasteiger partial charge in [-0.2, -0.15) is 0 Å². The summed E-state index contributed by atoms with van der Waals surface area (Å²) in [5, 5.41) is 3.15. The van der Waals surface area contributed by atoms with Gasteiger partial charge in [-0.05, 0) is 18.9 Å². The van der Waals surface area contributed by atoms with Gasteiger partial charge >= 0.3 is 0 Å². The zero-order valence-electron chi connectivity index (χ0n) is 7.63. The maximum absolute atomic E-state index is 11.5. The Balaban J connectivity index is 2.70. The van der Waals surface area contributed by atoms with Gasteiger partial charge in [0, 0.05) is 19.2 Å². The lowest BCUT2D eigenvalue weighted by atomic mass is 10.2. The molecule has 0 radical (unpaired) electrons. The molecule has 0 bridgehead atoms. The van der Waals surface area contributed by atoms with Crippen molar-refractivity contribution in [2.45, 2.75) is 19.9 Å². The molecule has 0 saturated carbocycles. The summed E-state index contributed by atoms with van der Waals surface area (Å²) in [6.07, 6.45) is 0.982. The van der Waals surface area contributed by atoms with Crippen LogP contribution in [0.3, 0.4) is 0 Å². The number of nitrogens with one attached hydrogen (secondary N) is 1. The summed E-state index contributed by atoms with van der Waals surface area (Å²) in [5.74, 6) is 0.788. The molecule has 2 heterocycles. The van der Waals surface area contributed by atoms with E-state index in [9.17, 15) is 4.79 Å². The van der Waals surface area contributed by atoms with Gasteiger partial charge in [0.1, 0.15) is 5.82 Å². The van der Waals surface area contributed by atoms with E-state index in [0.29, 0.717) is 5.69 Å². The minimum absolute atomic E-state index is 0.0360. The standard InChI is InChI=1S/C9H13N3O/c1-6-5-7(13)12-4-2-3-11-9(12)8(6)10/h5,11H,2-4,10H2,1H3. The molecule has 0 saturated heterocycles. The van der Waals surface area contributed by atoms with E-state index < -0.39 is 0 Å². The molecule has 70 valence electrons. The second kappa shape index (κ2) is 2.80. The molecule has 0 atom stereocenters. The van der Waals surface area contributed by atoms with Crippen LogP contribution in [-0.4, -0.2) is 11.1 Å². The lowest BCUT2D eigenvalue weighted by Gasteiger charge is -2.22. The van der Waals surface area contributed by atoms with E-state index in [1.807, 2.05) is 6.92 Å². The molecule has 2 rings (SSSR count). The average molecular weight is 179 g/mol. The maximum Gasteiger partial charge on any atom is 0.252 e. The van der Waals surface area contributed by atoms with Gasteiger partial charge in [-0.1, -0.05) is 0 Å². The van der Waals surface area contributed by atoms with Crippen LogP contribution in [0.25, 0.3) is 0 Å². The van der Waals surface area contributed by atoms with E-state index in [1.165, 1.54) is 0 Å². The van der Waals surface area contributed by atoms with Gasteiger partial charge in [-0.25, -0.2) is 0 Å². The number of nitrogen functional groups attached to an aromatic ring is 1. The number of aryl methyl sites for hydroxylation is 1. The van der Waals surface area contributed by atoms with Crippen molar-refractivity contribution in [3.8, 4) is 0 Å². The number of nitrogens with zero attached hydrogens (tertiary/aromatic N) is 1. The topological polar surface area (TPSA) is 60.0 Å². The van der Waals surface area contributed by atoms with Crippen molar-refractivity contribution in [3.63, 3.8) is 0 Å². The first kappa shape index (κ1) is 8.16. The second-order valence-electron chi connectivity index (χ2n) is 3.36. The van der Waals surface area contributed by atoms with E-state index in [4.69, 9.17) is 5.73 Å². The fourth-order valence-corrected chi connectivity index (χ4v) is 1.64. The van der Waals surface area contributed by atoms with E-state index >= 15 is 0 Å². The first-order chi connectivity index (χ1) is 6.20. The third-order valence-electron chi connectivity index (χ3n) is 2.41. The number of anilines is 2. The Morgan fingerprint density at radius 3 is 3.15 bits per heavy atom. The molecule has 0 fully saturated rings. The Hall–Kier alpha value is -1.45. The Morgan fingerprint density at radius 2 is 2.38 bits per heavy atom. The first-order valence-corrected chi connectivity index (χ1v) is 4.44. The molecule has 0 unspecified atom stereocenters. The van der Waals surface area contributed by atoms with Crippen molar-refractivity contribution < 1.29 is 0 Å². The average Bonchev–Trinajstić information content (AvgIpc) is 2.15. The third kappa shape index (κ3) is 1.18. The predicted octanol–water partition coefficient (Wildman–Crippen LogP) is 0.555. The molecule has 3 N–H and O–H groups in total. The van der Waals surface area contributed by atoms with Crippen molar-refractivity contribution in [1.82, 2.24) is 4.57 Å². The number of aromatic nitrogens is 1. The van der Waals surface area contributed by atoms with Crippen LogP contribution in [0.2, 0.25) is 0 Å². The summed E-state index contributed by atoms with van der Waals surface area (Å²) >= 11 is 0. The highest BCUT2D eigenvalue weighted by atomic mass is 16.1. The lowest BCUT2D eigenvalue weighted by molar-refractivity contribution is 0.609. The number of hydrogen-bond acceptors (Lipinski definition) is 3. The molecule has 1 aliphatic heterocycles. The fourth-order valence-electron chi connectivity index (χ4n) is 1.64. The normalized spacial score (nSPS) is 14.8. The summed E-state index contributed by atoms with van der Waals surface area (Å²) < 4.78 is 1.70. The number of pyridine rings is 1. The summed E-state index contributed by atoms with van der Waals surface area (Å²) in [5.41, 5.74) is 7.43. The molecule has 1 aromatic rings. The largest absolute Gasteiger partial charge is 0.396 e. The Morgan fingerprint density at radius 1 is 1.62 bits per heavy atom. The van der Waals surface area contributed by atoms with Crippen LogP contribution in [0.15, 0.2) is 10.9 Å². The second-order valence-corrected chi connectivity index (χ2v) is 3.36. The van der Waals surface area contributed by atoms with E-state index in [-0.39, 0.29) is 5.56 Å². The monoisotopic (exact) mass is 179 g/mol. The molecule has 0 amide bonds. The number of fused-ring (bicyclic) bond motifs is 1. The van der Waals surface area contributed by atoms with Crippen molar-refractivity contribution in [3.05, 3.63) is 22.0 Å². The van der Waals surface area contributed by atoms with Crippen LogP contribution in [0.1, 0.15) is 12.0 Å². The minimum atomic E-state index is 0.0360. The van der Waals surface area contributed by atoms with Gasteiger partial charge in [0.05, 0.1) is 5.69 Å². The number of rotatable bonds is 0. The zero-order chi connectivity index (χ0) is 9.42. The van der Waals surface area contributed by atoms with Crippen molar-refractivity contribution >= 4 is 11.5 Å². The highest BCUT2D eigenvalue weighted by molar-refractivity contribution is 5.66. The van der Waals surface area contributed by atoms with Crippen LogP contribution >= 0.6 is 0 Å². The minimum Gasteiger partial charge on any atom is -0.396 e. The van der Waals surface area contributed by atoms with Gasteiger partial charge in [0.15, 0.2) is 0 Å². The molecule has 0 aromatic carbocycles. The quantitative estimate of drug-likeness (QED) is 0.611. The molecular weight excluding hydrogens is 166 g/mol. The predicted molar refractivity (Wildman–Crippen MR) is 53.0 cm³/mol. The summed E-state index contributed by atoms with van der Waals surface area (Å²) in [6, 6.07) is 1.59. The molecule has 0 spiro atoms. The van der Waals surface area contributed by atoms with Crippen LogP contribution in [0, 0.1) is 6.92 Å². The van der Waals surface area contributed by atoms with Crippen LogP contribution < -0.4 is 16.6 Å². The van der Waals surface area contributed by atoms with Gasteiger partial charge < -0.3 is 11.1 Å². The van der Waals surface area contributed by atoms with Gasteiger partial charge in [-0.15, -0.1) is 0 Å². The summed E-state index contributed by atoms with van der Waals surface area (Å²) in [4.78, 5) is 11.5. The van der Waals surface area contributed by atoms with Crippen LogP contribution in [0.5, 0.6) is 0 Å². The van der Waals surface area contributed by atoms with E-state index in [2.05, 4.69) is 5.32 Å². The van der Waals surface area contributed by atoms with Gasteiger partial charge in [-0.3, -0.25) is 9.36 Å². The van der Waals surface area contributed by atoms with E-state index in [1.54, 1.807) is 10.6 Å². The van der Waals surface area contributed by atoms with Crippen molar-refractivity contribution in [1.29, 1.82) is 0 Å². The highest BCUT2D eigenvalue weighted by Crippen LogP contribution is 2.22. The van der Waals surface area contributed by atoms with Crippen LogP contribution in [-0.2, 0) is 6.54 Å². The Labute approximate surface area is 76.4 Å². The molecule has 1 aliphatic rings. The Kier molecular flexibility index (Phi) is 1.76. The summed E-state index contributed by atoms with van der Waals surface area (Å²) in [7, 11) is 0. The molecule has 4 nitrogen and oxygen atoms in total. The third-order valence-corrected chi connectivity index (χ3v) is 2.41. The number of hydrogen-bond donors (Lipinski definition) is 2. The maximum atomic E-state index is 11.5.